The second-order valence-corrected chi connectivity index (χ2v) is 7.04. The van der Waals surface area contributed by atoms with Crippen LogP contribution in [0.25, 0.3) is 0 Å². The molecule has 0 N–H and O–H groups in total. The topological polar surface area (TPSA) is 37.4 Å². The number of alkyl halides is 1. The molecule has 1 aliphatic rings. The molecule has 0 atom stereocenters. The van der Waals surface area contributed by atoms with Crippen LogP contribution in [0.3, 0.4) is 0 Å². The quantitative estimate of drug-likeness (QED) is 0.795. The van der Waals surface area contributed by atoms with Gasteiger partial charge in [0, 0.05) is 23.4 Å². The van der Waals surface area contributed by atoms with E-state index in [1.54, 1.807) is 12.1 Å². The maximum absolute atomic E-state index is 12.4. The summed E-state index contributed by atoms with van der Waals surface area (Å²) in [4.78, 5) is 0.317. The van der Waals surface area contributed by atoms with Gasteiger partial charge >= 0.3 is 0 Å². The molecule has 0 radical (unpaired) electrons. The van der Waals surface area contributed by atoms with Crippen molar-refractivity contribution < 1.29 is 8.42 Å². The first-order valence-electron chi connectivity index (χ1n) is 5.40. The number of hydrogen-bond donors (Lipinski definition) is 0. The SMILES string of the molecule is O=S(=O)(c1cc(CCl)ccc1Br)N1CCCC1. The van der Waals surface area contributed by atoms with Crippen molar-refractivity contribution in [3.8, 4) is 0 Å². The van der Waals surface area contributed by atoms with Crippen molar-refractivity contribution in [3.63, 3.8) is 0 Å². The Hall–Kier alpha value is -0.100. The summed E-state index contributed by atoms with van der Waals surface area (Å²) in [6.07, 6.45) is 1.87. The highest BCUT2D eigenvalue weighted by molar-refractivity contribution is 9.10. The number of rotatable bonds is 3. The van der Waals surface area contributed by atoms with Gasteiger partial charge in [0.2, 0.25) is 10.0 Å². The zero-order valence-corrected chi connectivity index (χ0v) is 12.4. The molecule has 6 heteroatoms. The Kier molecular flexibility index (Phi) is 4.13. The predicted octanol–water partition coefficient (Wildman–Crippen LogP) is 2.97. The minimum Gasteiger partial charge on any atom is -0.207 e. The number of benzene rings is 1. The van der Waals surface area contributed by atoms with Gasteiger partial charge in [-0.1, -0.05) is 6.07 Å². The molecule has 1 saturated heterocycles. The monoisotopic (exact) mass is 337 g/mol. The number of halogens is 2. The fraction of sp³-hybridized carbons (Fsp3) is 0.455. The highest BCUT2D eigenvalue weighted by Gasteiger charge is 2.28. The molecule has 0 spiro atoms. The lowest BCUT2D eigenvalue weighted by Gasteiger charge is -2.17. The summed E-state index contributed by atoms with van der Waals surface area (Å²) in [5, 5.41) is 0. The number of sulfonamides is 1. The third-order valence-corrected chi connectivity index (χ3v) is 6.03. The first kappa shape index (κ1) is 13.3. The molecule has 1 heterocycles. The molecule has 17 heavy (non-hydrogen) atoms. The molecule has 0 amide bonds. The summed E-state index contributed by atoms with van der Waals surface area (Å²) in [6, 6.07) is 5.20. The van der Waals surface area contributed by atoms with Crippen molar-refractivity contribution in [2.45, 2.75) is 23.6 Å². The summed E-state index contributed by atoms with van der Waals surface area (Å²) >= 11 is 9.03. The second kappa shape index (κ2) is 5.26. The molecule has 1 fully saturated rings. The molecule has 1 aromatic carbocycles. The van der Waals surface area contributed by atoms with Crippen molar-refractivity contribution in [3.05, 3.63) is 28.2 Å². The van der Waals surface area contributed by atoms with Crippen molar-refractivity contribution in [1.82, 2.24) is 4.31 Å². The Bertz CT molecular complexity index is 512. The number of nitrogens with zero attached hydrogens (tertiary/aromatic N) is 1. The van der Waals surface area contributed by atoms with Crippen LogP contribution in [0.15, 0.2) is 27.6 Å². The molecule has 1 aliphatic heterocycles. The maximum Gasteiger partial charge on any atom is 0.244 e. The third-order valence-electron chi connectivity index (χ3n) is 2.83. The van der Waals surface area contributed by atoms with Gasteiger partial charge in [-0.3, -0.25) is 0 Å². The van der Waals surface area contributed by atoms with Crippen LogP contribution in [0.5, 0.6) is 0 Å². The van der Waals surface area contributed by atoms with Crippen LogP contribution in [-0.4, -0.2) is 25.8 Å². The summed E-state index contributed by atoms with van der Waals surface area (Å²) in [7, 11) is -3.37. The van der Waals surface area contributed by atoms with Crippen LogP contribution in [0.4, 0.5) is 0 Å². The summed E-state index contributed by atoms with van der Waals surface area (Å²) in [5.41, 5.74) is 0.813. The molecule has 94 valence electrons. The van der Waals surface area contributed by atoms with Crippen molar-refractivity contribution in [2.75, 3.05) is 13.1 Å². The highest BCUT2D eigenvalue weighted by atomic mass is 79.9. The van der Waals surface area contributed by atoms with Gasteiger partial charge in [-0.2, -0.15) is 4.31 Å². The second-order valence-electron chi connectivity index (χ2n) is 4.01. The van der Waals surface area contributed by atoms with Crippen LogP contribution in [0.1, 0.15) is 18.4 Å². The standard InChI is InChI=1S/C11H13BrClNO2S/c12-10-4-3-9(8-13)7-11(10)17(15,16)14-5-1-2-6-14/h3-4,7H,1-2,5-6,8H2. The molecular formula is C11H13BrClNO2S. The van der Waals surface area contributed by atoms with Crippen LogP contribution in [0.2, 0.25) is 0 Å². The Morgan fingerprint density at radius 2 is 1.94 bits per heavy atom. The van der Waals surface area contributed by atoms with Crippen LogP contribution < -0.4 is 0 Å². The zero-order valence-electron chi connectivity index (χ0n) is 9.20. The lowest BCUT2D eigenvalue weighted by atomic mass is 10.2. The fourth-order valence-electron chi connectivity index (χ4n) is 1.90. The van der Waals surface area contributed by atoms with E-state index in [-0.39, 0.29) is 0 Å². The van der Waals surface area contributed by atoms with E-state index in [1.165, 1.54) is 4.31 Å². The fourth-order valence-corrected chi connectivity index (χ4v) is 4.55. The van der Waals surface area contributed by atoms with Crippen molar-refractivity contribution >= 4 is 37.6 Å². The molecule has 0 unspecified atom stereocenters. The Morgan fingerprint density at radius 3 is 2.53 bits per heavy atom. The first-order valence-corrected chi connectivity index (χ1v) is 8.17. The average Bonchev–Trinajstić information content (AvgIpc) is 2.83. The van der Waals surface area contributed by atoms with Crippen LogP contribution in [-0.2, 0) is 15.9 Å². The van der Waals surface area contributed by atoms with E-state index in [9.17, 15) is 8.42 Å². The van der Waals surface area contributed by atoms with E-state index >= 15 is 0 Å². The summed E-state index contributed by atoms with van der Waals surface area (Å²) in [6.45, 7) is 1.22. The Balaban J connectivity index is 2.44. The van der Waals surface area contributed by atoms with E-state index in [1.807, 2.05) is 6.07 Å². The van der Waals surface area contributed by atoms with E-state index < -0.39 is 10.0 Å². The lowest BCUT2D eigenvalue weighted by Crippen LogP contribution is -2.28. The summed E-state index contributed by atoms with van der Waals surface area (Å²) < 4.78 is 26.9. The first-order chi connectivity index (χ1) is 8.05. The van der Waals surface area contributed by atoms with Crippen LogP contribution in [0, 0.1) is 0 Å². The van der Waals surface area contributed by atoms with E-state index in [2.05, 4.69) is 15.9 Å². The largest absolute Gasteiger partial charge is 0.244 e. The average molecular weight is 339 g/mol. The van der Waals surface area contributed by atoms with Crippen LogP contribution >= 0.6 is 27.5 Å². The van der Waals surface area contributed by atoms with E-state index in [0.29, 0.717) is 28.3 Å². The van der Waals surface area contributed by atoms with E-state index in [0.717, 1.165) is 18.4 Å². The molecule has 1 aromatic rings. The molecular weight excluding hydrogens is 326 g/mol. The molecule has 0 saturated carbocycles. The zero-order chi connectivity index (χ0) is 12.5. The van der Waals surface area contributed by atoms with Gasteiger partial charge in [0.1, 0.15) is 0 Å². The van der Waals surface area contributed by atoms with Gasteiger partial charge in [-0.15, -0.1) is 11.6 Å². The normalized spacial score (nSPS) is 17.5. The smallest absolute Gasteiger partial charge is 0.207 e. The highest BCUT2D eigenvalue weighted by Crippen LogP contribution is 2.28. The predicted molar refractivity (Wildman–Crippen MR) is 71.7 cm³/mol. The van der Waals surface area contributed by atoms with Gasteiger partial charge in [-0.05, 0) is 46.5 Å². The van der Waals surface area contributed by atoms with Gasteiger partial charge in [0.15, 0.2) is 0 Å². The van der Waals surface area contributed by atoms with Crippen molar-refractivity contribution in [1.29, 1.82) is 0 Å². The van der Waals surface area contributed by atoms with Crippen molar-refractivity contribution in [2.24, 2.45) is 0 Å². The Labute approximate surface area is 115 Å². The summed E-state index contributed by atoms with van der Waals surface area (Å²) in [5.74, 6) is 0.315. The van der Waals surface area contributed by atoms with Gasteiger partial charge in [0.25, 0.3) is 0 Å². The van der Waals surface area contributed by atoms with Gasteiger partial charge in [-0.25, -0.2) is 8.42 Å². The third kappa shape index (κ3) is 2.67. The molecule has 0 aliphatic carbocycles. The van der Waals surface area contributed by atoms with Gasteiger partial charge < -0.3 is 0 Å². The maximum atomic E-state index is 12.4. The minimum absolute atomic E-state index is 0.315. The minimum atomic E-state index is -3.37. The number of hydrogen-bond acceptors (Lipinski definition) is 2. The molecule has 0 aromatic heterocycles. The van der Waals surface area contributed by atoms with Gasteiger partial charge in [0.05, 0.1) is 4.90 Å². The Morgan fingerprint density at radius 1 is 1.29 bits per heavy atom. The molecule has 3 nitrogen and oxygen atoms in total. The van der Waals surface area contributed by atoms with E-state index in [4.69, 9.17) is 11.6 Å². The lowest BCUT2D eigenvalue weighted by molar-refractivity contribution is 0.477. The molecule has 2 rings (SSSR count). The molecule has 0 bridgehead atoms.